The van der Waals surface area contributed by atoms with E-state index in [-0.39, 0.29) is 0 Å². The summed E-state index contributed by atoms with van der Waals surface area (Å²) >= 11 is 1.72. The standard InChI is InChI=1S/C11H19N3OS/c1-7(2)8(3)16-11-9(15-5)10(12-4)13-6-14-11/h6-8H,1-5H3,(H,12,13,14). The molecule has 4 nitrogen and oxygen atoms in total. The van der Waals surface area contributed by atoms with Crippen molar-refractivity contribution in [3.05, 3.63) is 6.33 Å². The number of nitrogens with one attached hydrogen (secondary N) is 1. The van der Waals surface area contributed by atoms with E-state index >= 15 is 0 Å². The molecule has 0 saturated carbocycles. The van der Waals surface area contributed by atoms with Gasteiger partial charge in [0.2, 0.25) is 0 Å². The van der Waals surface area contributed by atoms with Crippen molar-refractivity contribution in [1.82, 2.24) is 9.97 Å². The Labute approximate surface area is 101 Å². The lowest BCUT2D eigenvalue weighted by molar-refractivity contribution is 0.400. The second-order valence-electron chi connectivity index (χ2n) is 3.88. The predicted molar refractivity (Wildman–Crippen MR) is 68.3 cm³/mol. The molecule has 0 aliphatic rings. The number of anilines is 1. The first kappa shape index (κ1) is 13.1. The summed E-state index contributed by atoms with van der Waals surface area (Å²) < 4.78 is 5.34. The van der Waals surface area contributed by atoms with Crippen molar-refractivity contribution < 1.29 is 4.74 Å². The lowest BCUT2D eigenvalue weighted by Gasteiger charge is -2.16. The summed E-state index contributed by atoms with van der Waals surface area (Å²) in [6.07, 6.45) is 1.56. The van der Waals surface area contributed by atoms with Gasteiger partial charge in [0.25, 0.3) is 0 Å². The molecule has 0 spiro atoms. The zero-order valence-electron chi connectivity index (χ0n) is 10.4. The maximum Gasteiger partial charge on any atom is 0.193 e. The number of aromatic nitrogens is 2. The van der Waals surface area contributed by atoms with Gasteiger partial charge >= 0.3 is 0 Å². The first-order valence-electron chi connectivity index (χ1n) is 5.33. The highest BCUT2D eigenvalue weighted by Gasteiger charge is 2.16. The molecule has 0 amide bonds. The van der Waals surface area contributed by atoms with Crippen molar-refractivity contribution >= 4 is 17.6 Å². The zero-order chi connectivity index (χ0) is 12.1. The van der Waals surface area contributed by atoms with E-state index in [1.165, 1.54) is 0 Å². The second-order valence-corrected chi connectivity index (χ2v) is 5.24. The van der Waals surface area contributed by atoms with Gasteiger partial charge < -0.3 is 10.1 Å². The van der Waals surface area contributed by atoms with Crippen LogP contribution < -0.4 is 10.1 Å². The number of rotatable bonds is 5. The van der Waals surface area contributed by atoms with E-state index < -0.39 is 0 Å². The Balaban J connectivity index is 2.95. The average Bonchev–Trinajstić information content (AvgIpc) is 2.28. The number of thioether (sulfide) groups is 1. The Morgan fingerprint density at radius 1 is 1.31 bits per heavy atom. The molecule has 5 heteroatoms. The van der Waals surface area contributed by atoms with E-state index in [9.17, 15) is 0 Å². The maximum atomic E-state index is 5.34. The molecule has 0 radical (unpaired) electrons. The topological polar surface area (TPSA) is 47.0 Å². The summed E-state index contributed by atoms with van der Waals surface area (Å²) in [7, 11) is 3.47. The van der Waals surface area contributed by atoms with Crippen LogP contribution in [0.5, 0.6) is 5.75 Å². The number of methoxy groups -OCH3 is 1. The summed E-state index contributed by atoms with van der Waals surface area (Å²) in [6.45, 7) is 6.59. The van der Waals surface area contributed by atoms with Crippen LogP contribution in [0, 0.1) is 5.92 Å². The van der Waals surface area contributed by atoms with Crippen molar-refractivity contribution in [3.63, 3.8) is 0 Å². The van der Waals surface area contributed by atoms with Crippen LogP contribution in [0.1, 0.15) is 20.8 Å². The molecule has 1 aromatic heterocycles. The van der Waals surface area contributed by atoms with Gasteiger partial charge in [-0.1, -0.05) is 32.5 Å². The first-order chi connectivity index (χ1) is 7.60. The highest BCUT2D eigenvalue weighted by atomic mass is 32.2. The van der Waals surface area contributed by atoms with Crippen molar-refractivity contribution in [2.24, 2.45) is 5.92 Å². The molecule has 1 N–H and O–H groups in total. The zero-order valence-corrected chi connectivity index (χ0v) is 11.3. The van der Waals surface area contributed by atoms with E-state index in [0.717, 1.165) is 16.6 Å². The molecule has 1 heterocycles. The molecule has 0 bridgehead atoms. The number of hydrogen-bond donors (Lipinski definition) is 1. The van der Waals surface area contributed by atoms with Gasteiger partial charge in [-0.25, -0.2) is 9.97 Å². The maximum absolute atomic E-state index is 5.34. The fraction of sp³-hybridized carbons (Fsp3) is 0.636. The molecule has 0 aromatic carbocycles. The first-order valence-corrected chi connectivity index (χ1v) is 6.21. The largest absolute Gasteiger partial charge is 0.490 e. The van der Waals surface area contributed by atoms with Crippen molar-refractivity contribution in [3.8, 4) is 5.75 Å². The van der Waals surface area contributed by atoms with Crippen LogP contribution in [0.3, 0.4) is 0 Å². The molecule has 0 aliphatic heterocycles. The molecular formula is C11H19N3OS. The monoisotopic (exact) mass is 241 g/mol. The molecule has 0 aliphatic carbocycles. The second kappa shape index (κ2) is 5.94. The van der Waals surface area contributed by atoms with Crippen LogP contribution in [0.25, 0.3) is 0 Å². The Hall–Kier alpha value is -0.970. The minimum atomic E-state index is 0.494. The number of hydrogen-bond acceptors (Lipinski definition) is 5. The summed E-state index contributed by atoms with van der Waals surface area (Å²) in [4.78, 5) is 8.39. The molecule has 1 atom stereocenters. The molecule has 0 saturated heterocycles. The van der Waals surface area contributed by atoms with Gasteiger partial charge in [0.05, 0.1) is 7.11 Å². The Morgan fingerprint density at radius 2 is 2.00 bits per heavy atom. The molecule has 1 aromatic rings. The molecule has 1 rings (SSSR count). The number of ether oxygens (including phenoxy) is 1. The van der Waals surface area contributed by atoms with Gasteiger partial charge in [0.1, 0.15) is 11.4 Å². The van der Waals surface area contributed by atoms with Gasteiger partial charge in [0.15, 0.2) is 11.6 Å². The third-order valence-electron chi connectivity index (χ3n) is 2.45. The van der Waals surface area contributed by atoms with Crippen LogP contribution in [0.4, 0.5) is 5.82 Å². The van der Waals surface area contributed by atoms with E-state index in [0.29, 0.717) is 11.2 Å². The average molecular weight is 241 g/mol. The fourth-order valence-electron chi connectivity index (χ4n) is 1.12. The molecule has 16 heavy (non-hydrogen) atoms. The quantitative estimate of drug-likeness (QED) is 0.634. The Bertz CT molecular complexity index is 344. The smallest absolute Gasteiger partial charge is 0.193 e. The van der Waals surface area contributed by atoms with Crippen LogP contribution in [-0.4, -0.2) is 29.4 Å². The van der Waals surface area contributed by atoms with Gasteiger partial charge in [-0.3, -0.25) is 0 Å². The SMILES string of the molecule is CNc1ncnc(SC(C)C(C)C)c1OC. The van der Waals surface area contributed by atoms with Crippen LogP contribution in [-0.2, 0) is 0 Å². The van der Waals surface area contributed by atoms with Crippen LogP contribution in [0.15, 0.2) is 11.4 Å². The lowest BCUT2D eigenvalue weighted by Crippen LogP contribution is -2.07. The van der Waals surface area contributed by atoms with E-state index in [1.807, 2.05) is 7.05 Å². The van der Waals surface area contributed by atoms with Gasteiger partial charge in [-0.2, -0.15) is 0 Å². The Morgan fingerprint density at radius 3 is 2.50 bits per heavy atom. The van der Waals surface area contributed by atoms with E-state index in [1.54, 1.807) is 25.2 Å². The minimum Gasteiger partial charge on any atom is -0.490 e. The third-order valence-corrected chi connectivity index (χ3v) is 3.88. The molecular weight excluding hydrogens is 222 g/mol. The van der Waals surface area contributed by atoms with Gasteiger partial charge in [-0.15, -0.1) is 0 Å². The van der Waals surface area contributed by atoms with Gasteiger partial charge in [0, 0.05) is 12.3 Å². The third kappa shape index (κ3) is 3.01. The fourth-order valence-corrected chi connectivity index (χ4v) is 2.14. The minimum absolute atomic E-state index is 0.494. The van der Waals surface area contributed by atoms with Crippen molar-refractivity contribution in [1.29, 1.82) is 0 Å². The number of nitrogens with zero attached hydrogens (tertiary/aromatic N) is 2. The normalized spacial score (nSPS) is 12.6. The molecule has 90 valence electrons. The van der Waals surface area contributed by atoms with E-state index in [4.69, 9.17) is 4.74 Å². The summed E-state index contributed by atoms with van der Waals surface area (Å²) in [6, 6.07) is 0. The van der Waals surface area contributed by atoms with Crippen molar-refractivity contribution in [2.45, 2.75) is 31.0 Å². The lowest BCUT2D eigenvalue weighted by atomic mass is 10.2. The van der Waals surface area contributed by atoms with Crippen molar-refractivity contribution in [2.75, 3.05) is 19.5 Å². The summed E-state index contributed by atoms with van der Waals surface area (Å²) in [5.74, 6) is 2.06. The molecule has 0 fully saturated rings. The summed E-state index contributed by atoms with van der Waals surface area (Å²) in [5.41, 5.74) is 0. The summed E-state index contributed by atoms with van der Waals surface area (Å²) in [5, 5.41) is 4.39. The molecule has 1 unspecified atom stereocenters. The highest BCUT2D eigenvalue weighted by Crippen LogP contribution is 2.36. The Kier molecular flexibility index (Phi) is 4.86. The van der Waals surface area contributed by atoms with Gasteiger partial charge in [-0.05, 0) is 5.92 Å². The highest BCUT2D eigenvalue weighted by molar-refractivity contribution is 7.99. The van der Waals surface area contributed by atoms with Crippen LogP contribution in [0.2, 0.25) is 0 Å². The van der Waals surface area contributed by atoms with Crippen LogP contribution >= 0.6 is 11.8 Å². The van der Waals surface area contributed by atoms with E-state index in [2.05, 4.69) is 36.1 Å². The predicted octanol–water partition coefficient (Wildman–Crippen LogP) is 2.66.